The average Bonchev–Trinajstić information content (AvgIpc) is 3.35. The van der Waals surface area contributed by atoms with Crippen molar-refractivity contribution in [3.8, 4) is 11.4 Å². The Morgan fingerprint density at radius 1 is 1.25 bits per heavy atom. The number of aromatic nitrogens is 2. The highest BCUT2D eigenvalue weighted by molar-refractivity contribution is 5.89. The Morgan fingerprint density at radius 3 is 2.93 bits per heavy atom. The summed E-state index contributed by atoms with van der Waals surface area (Å²) in [5, 5.41) is 12.7. The summed E-state index contributed by atoms with van der Waals surface area (Å²) in [5.74, 6) is 1.35. The number of fused-ring (bicyclic) bond motifs is 1. The number of nitrogens with one attached hydrogen (secondary N) is 3. The van der Waals surface area contributed by atoms with Crippen LogP contribution in [0.15, 0.2) is 40.6 Å². The molecule has 146 valence electrons. The molecule has 2 unspecified atom stereocenters. The standard InChI is InChI=1S/C20H24N6O2/c1-12-3-2-4-14(9-12)18-24-20(28-25-18)15-11-22-26-16(10-17(27)23-19(15)26)13-5-7-21-8-6-13/h2-4,9-10,13,15,19,21-22H,5-8,11H2,1H3,(H,23,27). The molecule has 5 rings (SSSR count). The Morgan fingerprint density at radius 2 is 2.11 bits per heavy atom. The molecule has 0 bridgehead atoms. The predicted molar refractivity (Wildman–Crippen MR) is 103 cm³/mol. The van der Waals surface area contributed by atoms with E-state index in [0.29, 0.717) is 24.2 Å². The van der Waals surface area contributed by atoms with E-state index in [4.69, 9.17) is 4.52 Å². The lowest BCUT2D eigenvalue weighted by atomic mass is 9.92. The maximum Gasteiger partial charge on any atom is 0.247 e. The lowest BCUT2D eigenvalue weighted by Crippen LogP contribution is -2.53. The van der Waals surface area contributed by atoms with E-state index in [2.05, 4.69) is 31.2 Å². The monoisotopic (exact) mass is 380 g/mol. The minimum atomic E-state index is -0.215. The van der Waals surface area contributed by atoms with Crippen LogP contribution in [0, 0.1) is 12.8 Å². The molecule has 28 heavy (non-hydrogen) atoms. The Bertz CT molecular complexity index is 917. The van der Waals surface area contributed by atoms with E-state index in [1.54, 1.807) is 6.08 Å². The Hall–Kier alpha value is -2.71. The number of piperidine rings is 1. The van der Waals surface area contributed by atoms with Crippen LogP contribution in [0.1, 0.15) is 30.2 Å². The van der Waals surface area contributed by atoms with Gasteiger partial charge in [-0.25, -0.2) is 5.43 Å². The minimum Gasteiger partial charge on any atom is -0.338 e. The number of benzene rings is 1. The van der Waals surface area contributed by atoms with Gasteiger partial charge in [0, 0.05) is 29.8 Å². The van der Waals surface area contributed by atoms with Crippen LogP contribution < -0.4 is 16.1 Å². The smallest absolute Gasteiger partial charge is 0.247 e. The van der Waals surface area contributed by atoms with E-state index in [9.17, 15) is 4.79 Å². The van der Waals surface area contributed by atoms with E-state index < -0.39 is 0 Å². The van der Waals surface area contributed by atoms with Crippen molar-refractivity contribution in [1.82, 2.24) is 31.2 Å². The van der Waals surface area contributed by atoms with E-state index in [1.807, 2.05) is 31.2 Å². The van der Waals surface area contributed by atoms with Crippen molar-refractivity contribution in [3.05, 3.63) is 47.5 Å². The zero-order chi connectivity index (χ0) is 19.1. The first-order valence-corrected chi connectivity index (χ1v) is 9.85. The molecule has 2 saturated heterocycles. The third-order valence-electron chi connectivity index (χ3n) is 5.78. The summed E-state index contributed by atoms with van der Waals surface area (Å²) in [6, 6.07) is 8.03. The maximum atomic E-state index is 12.4. The largest absolute Gasteiger partial charge is 0.338 e. The second-order valence-electron chi connectivity index (χ2n) is 7.71. The number of rotatable bonds is 3. The lowest BCUT2D eigenvalue weighted by Gasteiger charge is -2.38. The molecular weight excluding hydrogens is 356 g/mol. The van der Waals surface area contributed by atoms with E-state index in [1.165, 1.54) is 0 Å². The van der Waals surface area contributed by atoms with E-state index >= 15 is 0 Å². The molecule has 0 spiro atoms. The zero-order valence-corrected chi connectivity index (χ0v) is 15.8. The van der Waals surface area contributed by atoms with Crippen molar-refractivity contribution >= 4 is 5.91 Å². The fraction of sp³-hybridized carbons (Fsp3) is 0.450. The SMILES string of the molecule is Cc1cccc(-c2noc(C3CNN4C(C5CCNCC5)=CC(=O)NC34)n2)c1. The van der Waals surface area contributed by atoms with Gasteiger partial charge in [-0.3, -0.25) is 9.80 Å². The molecule has 3 aliphatic heterocycles. The highest BCUT2D eigenvalue weighted by Gasteiger charge is 2.44. The average molecular weight is 380 g/mol. The van der Waals surface area contributed by atoms with Gasteiger partial charge in [0.25, 0.3) is 0 Å². The Kier molecular flexibility index (Phi) is 4.37. The maximum absolute atomic E-state index is 12.4. The van der Waals surface area contributed by atoms with Gasteiger partial charge in [0.05, 0.1) is 5.92 Å². The van der Waals surface area contributed by atoms with E-state index in [0.717, 1.165) is 42.8 Å². The number of carbonyl (C=O) groups is 1. The van der Waals surface area contributed by atoms with Gasteiger partial charge in [-0.15, -0.1) is 0 Å². The number of hydrogen-bond donors (Lipinski definition) is 3. The van der Waals surface area contributed by atoms with Crippen molar-refractivity contribution < 1.29 is 9.32 Å². The summed E-state index contributed by atoms with van der Waals surface area (Å²) < 4.78 is 5.60. The number of nitrogens with zero attached hydrogens (tertiary/aromatic N) is 3. The summed E-state index contributed by atoms with van der Waals surface area (Å²) >= 11 is 0. The molecule has 0 aliphatic carbocycles. The van der Waals surface area contributed by atoms with Gasteiger partial charge in [-0.1, -0.05) is 28.9 Å². The lowest BCUT2D eigenvalue weighted by molar-refractivity contribution is -0.119. The zero-order valence-electron chi connectivity index (χ0n) is 15.8. The van der Waals surface area contributed by atoms with Gasteiger partial charge in [0.15, 0.2) is 0 Å². The topological polar surface area (TPSA) is 95.3 Å². The highest BCUT2D eigenvalue weighted by atomic mass is 16.5. The third-order valence-corrected chi connectivity index (χ3v) is 5.78. The first-order valence-electron chi connectivity index (χ1n) is 9.85. The van der Waals surface area contributed by atoms with Gasteiger partial charge in [0.2, 0.25) is 17.6 Å². The molecule has 0 saturated carbocycles. The van der Waals surface area contributed by atoms with Crippen molar-refractivity contribution in [3.63, 3.8) is 0 Å². The molecule has 1 amide bonds. The summed E-state index contributed by atoms with van der Waals surface area (Å²) in [5.41, 5.74) is 6.58. The quantitative estimate of drug-likeness (QED) is 0.738. The van der Waals surface area contributed by atoms with Crippen molar-refractivity contribution in [2.24, 2.45) is 5.92 Å². The normalized spacial score (nSPS) is 25.4. The molecule has 0 radical (unpaired) electrons. The fourth-order valence-electron chi connectivity index (χ4n) is 4.34. The van der Waals surface area contributed by atoms with Crippen LogP contribution in [-0.4, -0.2) is 46.9 Å². The number of aryl methyl sites for hydroxylation is 1. The third kappa shape index (κ3) is 3.08. The van der Waals surface area contributed by atoms with Crippen molar-refractivity contribution in [1.29, 1.82) is 0 Å². The van der Waals surface area contributed by atoms with E-state index in [-0.39, 0.29) is 18.0 Å². The second-order valence-corrected chi connectivity index (χ2v) is 7.71. The molecule has 2 aromatic rings. The molecule has 8 nitrogen and oxygen atoms in total. The number of carbonyl (C=O) groups excluding carboxylic acids is 1. The summed E-state index contributed by atoms with van der Waals surface area (Å²) in [6.45, 7) is 4.64. The number of hydrogen-bond acceptors (Lipinski definition) is 7. The van der Waals surface area contributed by atoms with Crippen LogP contribution in [0.4, 0.5) is 0 Å². The Balaban J connectivity index is 1.40. The first kappa shape index (κ1) is 17.4. The van der Waals surface area contributed by atoms with Crippen LogP contribution >= 0.6 is 0 Å². The van der Waals surface area contributed by atoms with Gasteiger partial charge >= 0.3 is 0 Å². The highest BCUT2D eigenvalue weighted by Crippen LogP contribution is 2.35. The van der Waals surface area contributed by atoms with Crippen LogP contribution in [0.25, 0.3) is 11.4 Å². The summed E-state index contributed by atoms with van der Waals surface area (Å²) in [6.07, 6.45) is 3.58. The van der Waals surface area contributed by atoms with Crippen LogP contribution in [0.3, 0.4) is 0 Å². The fourth-order valence-corrected chi connectivity index (χ4v) is 4.34. The van der Waals surface area contributed by atoms with Crippen LogP contribution in [0.5, 0.6) is 0 Å². The summed E-state index contributed by atoms with van der Waals surface area (Å²) in [7, 11) is 0. The minimum absolute atomic E-state index is 0.0538. The number of amides is 1. The first-order chi connectivity index (χ1) is 13.7. The van der Waals surface area contributed by atoms with Gasteiger partial charge in [-0.05, 0) is 38.9 Å². The van der Waals surface area contributed by atoms with Gasteiger partial charge in [-0.2, -0.15) is 4.98 Å². The predicted octanol–water partition coefficient (Wildman–Crippen LogP) is 1.29. The molecule has 2 fully saturated rings. The molecule has 2 atom stereocenters. The molecule has 3 aliphatic rings. The molecule has 8 heteroatoms. The van der Waals surface area contributed by atoms with Crippen LogP contribution in [-0.2, 0) is 4.79 Å². The number of allylic oxidation sites excluding steroid dienone is 1. The molecule has 4 heterocycles. The Labute approximate surface area is 163 Å². The molecule has 1 aromatic heterocycles. The molecule has 1 aromatic carbocycles. The second kappa shape index (κ2) is 7.03. The van der Waals surface area contributed by atoms with Gasteiger partial charge < -0.3 is 15.2 Å². The van der Waals surface area contributed by atoms with Crippen LogP contribution in [0.2, 0.25) is 0 Å². The van der Waals surface area contributed by atoms with Crippen molar-refractivity contribution in [2.45, 2.75) is 31.8 Å². The van der Waals surface area contributed by atoms with Crippen molar-refractivity contribution in [2.75, 3.05) is 19.6 Å². The summed E-state index contributed by atoms with van der Waals surface area (Å²) in [4.78, 5) is 17.0. The molecular formula is C20H24N6O2. The molecule has 3 N–H and O–H groups in total. The number of hydrazine groups is 1. The van der Waals surface area contributed by atoms with Gasteiger partial charge in [0.1, 0.15) is 6.17 Å².